The fraction of sp³-hybridized carbons (Fsp3) is 0.222. The Morgan fingerprint density at radius 2 is 1.76 bits per heavy atom. The van der Waals surface area contributed by atoms with E-state index in [0.717, 1.165) is 0 Å². The van der Waals surface area contributed by atoms with Crippen LogP contribution in [0, 0.1) is 5.92 Å². The summed E-state index contributed by atoms with van der Waals surface area (Å²) >= 11 is 6.07. The number of Topliss-reactive ketones (excluding diaryl/α,β-unsaturated/α-hetero) is 1. The molecule has 0 spiro atoms. The highest BCUT2D eigenvalue weighted by molar-refractivity contribution is 6.46. The smallest absolute Gasteiger partial charge is 0.296 e. The van der Waals surface area contributed by atoms with Crippen LogP contribution in [0.1, 0.15) is 36.7 Å². The number of aliphatic hydroxyl groups excluding tert-OH is 1. The van der Waals surface area contributed by atoms with E-state index in [2.05, 4.69) is 18.8 Å². The molecule has 1 amide bonds. The molecule has 1 fully saturated rings. The quantitative estimate of drug-likeness (QED) is 0.281. The Bertz CT molecular complexity index is 1210. The number of amides is 1. The molecule has 1 aromatic heterocycles. The molecule has 0 bridgehead atoms. The summed E-state index contributed by atoms with van der Waals surface area (Å²) in [6, 6.07) is 18.3. The van der Waals surface area contributed by atoms with Gasteiger partial charge >= 0.3 is 0 Å². The molecule has 6 nitrogen and oxygen atoms in total. The SMILES string of the molecule is CC(C)COc1ccc(/C(O)=C2\C(=O)C(=O)N(Cc3ccccn3)C2c2ccc(Cl)cc2)cc1. The number of likely N-dealkylation sites (tertiary alicyclic amines) is 1. The number of ketones is 1. The van der Waals surface area contributed by atoms with E-state index in [-0.39, 0.29) is 17.9 Å². The van der Waals surface area contributed by atoms with Crippen LogP contribution in [0.25, 0.3) is 5.76 Å². The van der Waals surface area contributed by atoms with Gasteiger partial charge in [0.05, 0.1) is 30.5 Å². The van der Waals surface area contributed by atoms with Crippen molar-refractivity contribution in [3.8, 4) is 5.75 Å². The minimum Gasteiger partial charge on any atom is -0.507 e. The molecular weight excluding hydrogens is 452 g/mol. The highest BCUT2D eigenvalue weighted by Gasteiger charge is 2.46. The Hall–Kier alpha value is -3.64. The first-order valence-electron chi connectivity index (χ1n) is 11.0. The second kappa shape index (κ2) is 10.1. The average molecular weight is 477 g/mol. The van der Waals surface area contributed by atoms with Crippen LogP contribution < -0.4 is 4.74 Å². The Labute approximate surface area is 203 Å². The number of carbonyl (C=O) groups excluding carboxylic acids is 2. The molecule has 0 saturated carbocycles. The van der Waals surface area contributed by atoms with Crippen LogP contribution in [0.3, 0.4) is 0 Å². The lowest BCUT2D eigenvalue weighted by atomic mass is 9.95. The van der Waals surface area contributed by atoms with Crippen LogP contribution >= 0.6 is 11.6 Å². The van der Waals surface area contributed by atoms with E-state index in [1.165, 1.54) is 4.90 Å². The van der Waals surface area contributed by atoms with Crippen molar-refractivity contribution in [3.05, 3.63) is 100 Å². The zero-order valence-electron chi connectivity index (χ0n) is 18.9. The summed E-state index contributed by atoms with van der Waals surface area (Å²) in [5, 5.41) is 11.7. The molecule has 174 valence electrons. The summed E-state index contributed by atoms with van der Waals surface area (Å²) in [6.07, 6.45) is 1.63. The monoisotopic (exact) mass is 476 g/mol. The van der Waals surface area contributed by atoms with E-state index >= 15 is 0 Å². The van der Waals surface area contributed by atoms with Crippen LogP contribution in [-0.4, -0.2) is 33.3 Å². The largest absolute Gasteiger partial charge is 0.507 e. The van der Waals surface area contributed by atoms with Gasteiger partial charge in [0.2, 0.25) is 0 Å². The number of aromatic nitrogens is 1. The Morgan fingerprint density at radius 1 is 1.06 bits per heavy atom. The molecule has 2 aromatic carbocycles. The molecule has 0 aliphatic carbocycles. The van der Waals surface area contributed by atoms with E-state index in [4.69, 9.17) is 16.3 Å². The second-order valence-corrected chi connectivity index (χ2v) is 8.97. The van der Waals surface area contributed by atoms with Gasteiger partial charge in [-0.2, -0.15) is 0 Å². The number of carbonyl (C=O) groups is 2. The number of rotatable bonds is 7. The van der Waals surface area contributed by atoms with E-state index in [1.807, 2.05) is 6.07 Å². The normalized spacial score (nSPS) is 17.4. The van der Waals surface area contributed by atoms with Crippen molar-refractivity contribution in [1.82, 2.24) is 9.88 Å². The highest BCUT2D eigenvalue weighted by atomic mass is 35.5. The molecule has 7 heteroatoms. The maximum Gasteiger partial charge on any atom is 0.296 e. The zero-order chi connectivity index (χ0) is 24.2. The molecule has 4 rings (SSSR count). The van der Waals surface area contributed by atoms with Crippen molar-refractivity contribution < 1.29 is 19.4 Å². The van der Waals surface area contributed by atoms with Gasteiger partial charge in [0.25, 0.3) is 11.7 Å². The molecule has 3 aromatic rings. The Morgan fingerprint density at radius 3 is 2.38 bits per heavy atom. The van der Waals surface area contributed by atoms with Gasteiger partial charge in [-0.3, -0.25) is 14.6 Å². The molecule has 1 unspecified atom stereocenters. The zero-order valence-corrected chi connectivity index (χ0v) is 19.7. The van der Waals surface area contributed by atoms with Crippen molar-refractivity contribution >= 4 is 29.1 Å². The lowest BCUT2D eigenvalue weighted by molar-refractivity contribution is -0.140. The van der Waals surface area contributed by atoms with Crippen LogP contribution in [0.4, 0.5) is 0 Å². The summed E-state index contributed by atoms with van der Waals surface area (Å²) in [4.78, 5) is 31.9. The van der Waals surface area contributed by atoms with Crippen LogP contribution in [0.2, 0.25) is 5.02 Å². The molecule has 1 atom stereocenters. The molecule has 34 heavy (non-hydrogen) atoms. The van der Waals surface area contributed by atoms with E-state index in [0.29, 0.717) is 40.1 Å². The van der Waals surface area contributed by atoms with Gasteiger partial charge in [-0.1, -0.05) is 43.6 Å². The topological polar surface area (TPSA) is 79.7 Å². The summed E-state index contributed by atoms with van der Waals surface area (Å²) in [7, 11) is 0. The fourth-order valence-corrected chi connectivity index (χ4v) is 3.95. The van der Waals surface area contributed by atoms with Crippen LogP contribution in [-0.2, 0) is 16.1 Å². The van der Waals surface area contributed by atoms with Gasteiger partial charge in [0, 0.05) is 16.8 Å². The second-order valence-electron chi connectivity index (χ2n) is 8.53. The maximum absolute atomic E-state index is 13.1. The van der Waals surface area contributed by atoms with E-state index < -0.39 is 17.7 Å². The minimum atomic E-state index is -0.781. The lowest BCUT2D eigenvalue weighted by Gasteiger charge is -2.25. The van der Waals surface area contributed by atoms with E-state index in [9.17, 15) is 14.7 Å². The molecule has 1 saturated heterocycles. The first-order valence-corrected chi connectivity index (χ1v) is 11.4. The van der Waals surface area contributed by atoms with E-state index in [1.54, 1.807) is 66.9 Å². The number of aliphatic hydroxyl groups is 1. The van der Waals surface area contributed by atoms with Crippen molar-refractivity contribution in [2.45, 2.75) is 26.4 Å². The molecule has 1 N–H and O–H groups in total. The number of hydrogen-bond acceptors (Lipinski definition) is 5. The van der Waals surface area contributed by atoms with Crippen LogP contribution in [0.15, 0.2) is 78.5 Å². The van der Waals surface area contributed by atoms with Gasteiger partial charge in [0.1, 0.15) is 11.5 Å². The third kappa shape index (κ3) is 4.97. The first-order chi connectivity index (χ1) is 16.3. The molecule has 1 aliphatic rings. The lowest BCUT2D eigenvalue weighted by Crippen LogP contribution is -2.29. The number of benzene rings is 2. The number of halogens is 1. The molecular formula is C27H25ClN2O4. The molecule has 1 aliphatic heterocycles. The first kappa shape index (κ1) is 23.5. The predicted octanol–water partition coefficient (Wildman–Crippen LogP) is 5.39. The predicted molar refractivity (Wildman–Crippen MR) is 130 cm³/mol. The minimum absolute atomic E-state index is 0.0269. The average Bonchev–Trinajstić information content (AvgIpc) is 3.08. The van der Waals surface area contributed by atoms with Gasteiger partial charge in [-0.25, -0.2) is 0 Å². The summed E-state index contributed by atoms with van der Waals surface area (Å²) < 4.78 is 5.70. The third-order valence-electron chi connectivity index (χ3n) is 5.50. The summed E-state index contributed by atoms with van der Waals surface area (Å²) in [6.45, 7) is 4.81. The highest BCUT2D eigenvalue weighted by Crippen LogP contribution is 2.40. The number of pyridine rings is 1. The Kier molecular flexibility index (Phi) is 6.98. The van der Waals surface area contributed by atoms with Gasteiger partial charge in [0.15, 0.2) is 0 Å². The molecule has 0 radical (unpaired) electrons. The molecule has 2 heterocycles. The summed E-state index contributed by atoms with van der Waals surface area (Å²) in [5.74, 6) is -0.632. The summed E-state index contributed by atoms with van der Waals surface area (Å²) in [5.41, 5.74) is 1.75. The Balaban J connectivity index is 1.75. The van der Waals surface area contributed by atoms with Crippen molar-refractivity contribution in [1.29, 1.82) is 0 Å². The van der Waals surface area contributed by atoms with Gasteiger partial charge in [-0.05, 0) is 60.0 Å². The van der Waals surface area contributed by atoms with Crippen LogP contribution in [0.5, 0.6) is 5.75 Å². The number of ether oxygens (including phenoxy) is 1. The maximum atomic E-state index is 13.1. The van der Waals surface area contributed by atoms with Crippen molar-refractivity contribution in [2.75, 3.05) is 6.61 Å². The fourth-order valence-electron chi connectivity index (χ4n) is 3.83. The third-order valence-corrected chi connectivity index (χ3v) is 5.75. The van der Waals surface area contributed by atoms with Crippen molar-refractivity contribution in [3.63, 3.8) is 0 Å². The van der Waals surface area contributed by atoms with Gasteiger partial charge < -0.3 is 14.7 Å². The standard InChI is InChI=1S/C27H25ClN2O4/c1-17(2)16-34-22-12-8-19(9-13-22)25(31)23-24(18-6-10-20(28)11-7-18)30(27(33)26(23)32)15-21-5-3-4-14-29-21/h3-14,17,24,31H,15-16H2,1-2H3/b25-23+. The number of nitrogens with zero attached hydrogens (tertiary/aromatic N) is 2. The number of hydrogen-bond donors (Lipinski definition) is 1. The van der Waals surface area contributed by atoms with Crippen molar-refractivity contribution in [2.24, 2.45) is 5.92 Å². The van der Waals surface area contributed by atoms with Gasteiger partial charge in [-0.15, -0.1) is 0 Å².